The van der Waals surface area contributed by atoms with Crippen LogP contribution in [-0.2, 0) is 42.6 Å². The first-order valence-electron chi connectivity index (χ1n) is 10.2. The van der Waals surface area contributed by atoms with Gasteiger partial charge in [0.05, 0.1) is 7.11 Å². The minimum absolute atomic E-state index is 0. The number of hydrogen-bond donors (Lipinski definition) is 3. The third kappa shape index (κ3) is 7.63. The molecule has 3 N–H and O–H groups in total. The van der Waals surface area contributed by atoms with Crippen LogP contribution in [0.25, 0.3) is 10.9 Å². The maximum Gasteiger partial charge on any atom is 2.00 e. The normalized spacial score (nSPS) is 12.8. The molecule has 33 heavy (non-hydrogen) atoms. The van der Waals surface area contributed by atoms with Crippen LogP contribution in [0.4, 0.5) is 0 Å². The van der Waals surface area contributed by atoms with E-state index in [1.165, 1.54) is 7.11 Å². The number of aromatic amines is 1. The maximum absolute atomic E-state index is 12.6. The number of carbonyl (C=O) groups excluding carboxylic acids is 3. The van der Waals surface area contributed by atoms with Crippen molar-refractivity contribution in [3.8, 4) is 0 Å². The molecule has 1 aromatic heterocycles. The first-order valence-corrected chi connectivity index (χ1v) is 10.2. The van der Waals surface area contributed by atoms with Crippen LogP contribution < -0.4 is 10.6 Å². The van der Waals surface area contributed by atoms with Crippen LogP contribution in [0.1, 0.15) is 5.56 Å². The van der Waals surface area contributed by atoms with Crippen LogP contribution in [0.3, 0.4) is 0 Å². The summed E-state index contributed by atoms with van der Waals surface area (Å²) in [6.45, 7) is -0.258. The summed E-state index contributed by atoms with van der Waals surface area (Å²) in [5, 5.41) is 6.23. The molecule has 1 aliphatic carbocycles. The number of esters is 1. The quantitative estimate of drug-likeness (QED) is 0.271. The molecule has 1 aliphatic rings. The number of ether oxygens (including phenoxy) is 1. The second-order valence-electron chi connectivity index (χ2n) is 7.02. The number of benzene rings is 1. The number of amides is 2. The van der Waals surface area contributed by atoms with Gasteiger partial charge in [-0.3, -0.25) is 9.59 Å². The van der Waals surface area contributed by atoms with Crippen molar-refractivity contribution in [3.05, 3.63) is 97.3 Å². The SMILES string of the molecule is COC(=O)CNC(=O)[C@H](Cc1c[nH]c2ccccc12)NC(=O)C1=C[CH][CH][CH-]1.[Fe+2].c1cc[cH-]c1. The number of para-hydroxylation sites is 1. The predicted octanol–water partition coefficient (Wildman–Crippen LogP) is 2.44. The van der Waals surface area contributed by atoms with Crippen LogP contribution in [0, 0.1) is 19.3 Å². The Kier molecular flexibility index (Phi) is 10.4. The molecule has 2 radical (unpaired) electrons. The van der Waals surface area contributed by atoms with Gasteiger partial charge in [-0.2, -0.15) is 30.7 Å². The van der Waals surface area contributed by atoms with Crippen LogP contribution in [-0.4, -0.2) is 42.5 Å². The van der Waals surface area contributed by atoms with E-state index in [1.54, 1.807) is 25.3 Å². The molecule has 0 spiro atoms. The molecular weight excluding hydrogens is 462 g/mol. The maximum atomic E-state index is 12.6. The van der Waals surface area contributed by atoms with E-state index in [4.69, 9.17) is 0 Å². The van der Waals surface area contributed by atoms with Crippen molar-refractivity contribution >= 4 is 28.7 Å². The summed E-state index contributed by atoms with van der Waals surface area (Å²) >= 11 is 0. The fourth-order valence-electron chi connectivity index (χ4n) is 3.17. The number of fused-ring (bicyclic) bond motifs is 1. The molecule has 0 fully saturated rings. The van der Waals surface area contributed by atoms with E-state index in [0.717, 1.165) is 16.5 Å². The van der Waals surface area contributed by atoms with E-state index < -0.39 is 17.9 Å². The number of allylic oxidation sites excluding steroid dienone is 1. The van der Waals surface area contributed by atoms with Gasteiger partial charge in [-0.05, 0) is 11.6 Å². The molecule has 7 nitrogen and oxygen atoms in total. The third-order valence-electron chi connectivity index (χ3n) is 4.84. The van der Waals surface area contributed by atoms with Crippen LogP contribution in [0.2, 0.25) is 0 Å². The van der Waals surface area contributed by atoms with Crippen molar-refractivity contribution in [2.45, 2.75) is 12.5 Å². The fraction of sp³-hybridized carbons (Fsp3) is 0.160. The van der Waals surface area contributed by atoms with E-state index in [9.17, 15) is 14.4 Å². The van der Waals surface area contributed by atoms with E-state index in [1.807, 2.05) is 60.8 Å². The fourth-order valence-corrected chi connectivity index (χ4v) is 3.17. The van der Waals surface area contributed by atoms with E-state index in [0.29, 0.717) is 5.57 Å². The predicted molar refractivity (Wildman–Crippen MR) is 122 cm³/mol. The zero-order chi connectivity index (χ0) is 22.8. The Labute approximate surface area is 203 Å². The molecule has 8 heteroatoms. The molecule has 0 saturated heterocycles. The second kappa shape index (κ2) is 13.3. The van der Waals surface area contributed by atoms with Crippen molar-refractivity contribution in [2.75, 3.05) is 13.7 Å². The largest absolute Gasteiger partial charge is 2.00 e. The number of nitrogens with one attached hydrogen (secondary N) is 3. The van der Waals surface area contributed by atoms with Gasteiger partial charge in [0.1, 0.15) is 18.5 Å². The summed E-state index contributed by atoms with van der Waals surface area (Å²) in [6, 6.07) is 16.9. The van der Waals surface area contributed by atoms with Crippen molar-refractivity contribution in [3.63, 3.8) is 0 Å². The number of H-pyrrole nitrogens is 1. The van der Waals surface area contributed by atoms with Gasteiger partial charge in [0.2, 0.25) is 5.91 Å². The third-order valence-corrected chi connectivity index (χ3v) is 4.84. The summed E-state index contributed by atoms with van der Waals surface area (Å²) in [5.41, 5.74) is 2.31. The van der Waals surface area contributed by atoms with Crippen molar-refractivity contribution in [1.29, 1.82) is 0 Å². The Morgan fingerprint density at radius 1 is 1.12 bits per heavy atom. The summed E-state index contributed by atoms with van der Waals surface area (Å²) in [7, 11) is 1.25. The van der Waals surface area contributed by atoms with Crippen molar-refractivity contribution in [2.24, 2.45) is 0 Å². The summed E-state index contributed by atoms with van der Waals surface area (Å²) in [4.78, 5) is 39.5. The molecule has 0 aliphatic heterocycles. The summed E-state index contributed by atoms with van der Waals surface area (Å²) in [5.74, 6) is -1.36. The van der Waals surface area contributed by atoms with Gasteiger partial charge < -0.3 is 25.1 Å². The average Bonchev–Trinajstić information content (AvgIpc) is 3.60. The summed E-state index contributed by atoms with van der Waals surface area (Å²) in [6.07, 6.45) is 8.94. The number of rotatable bonds is 7. The van der Waals surface area contributed by atoms with Gasteiger partial charge in [0.25, 0.3) is 0 Å². The van der Waals surface area contributed by atoms with E-state index in [-0.39, 0.29) is 35.9 Å². The molecule has 3 aromatic rings. The number of methoxy groups -OCH3 is 1. The molecule has 0 bridgehead atoms. The Morgan fingerprint density at radius 2 is 1.88 bits per heavy atom. The van der Waals surface area contributed by atoms with E-state index in [2.05, 4.69) is 20.4 Å². The van der Waals surface area contributed by atoms with Gasteiger partial charge in [0.15, 0.2) is 0 Å². The molecule has 4 rings (SSSR count). The zero-order valence-corrected chi connectivity index (χ0v) is 19.2. The standard InChI is InChI=1S/C20H20N3O4.C5H5.Fe/c1-27-18(24)12-22-20(26)17(23-19(25)13-6-2-3-7-13)10-14-11-21-16-9-5-4-8-15(14)16;1-2-4-5-3-1;/h2-9,11,17,21H,10,12H2,1H3,(H,22,26)(H,23,25);1-5H;/q2*-1;+2/t17-;;/m0../s1. The van der Waals surface area contributed by atoms with Gasteiger partial charge in [-0.25, -0.2) is 12.1 Å². The van der Waals surface area contributed by atoms with Crippen molar-refractivity contribution < 1.29 is 36.2 Å². The number of aromatic nitrogens is 1. The van der Waals surface area contributed by atoms with Crippen LogP contribution in [0.5, 0.6) is 0 Å². The molecule has 0 unspecified atom stereocenters. The molecule has 172 valence electrons. The van der Waals surface area contributed by atoms with Gasteiger partial charge in [-0.15, -0.1) is 5.57 Å². The number of carbonyl (C=O) groups is 3. The Balaban J connectivity index is 0.000000568. The summed E-state index contributed by atoms with van der Waals surface area (Å²) < 4.78 is 4.54. The second-order valence-corrected chi connectivity index (χ2v) is 7.02. The molecule has 2 aromatic carbocycles. The first kappa shape index (κ1) is 25.9. The van der Waals surface area contributed by atoms with Crippen LogP contribution in [0.15, 0.2) is 72.4 Å². The average molecular weight is 487 g/mol. The smallest absolute Gasteiger partial charge is 0.468 e. The monoisotopic (exact) mass is 487 g/mol. The molecule has 1 atom stereocenters. The van der Waals surface area contributed by atoms with Crippen LogP contribution >= 0.6 is 0 Å². The zero-order valence-electron chi connectivity index (χ0n) is 18.1. The first-order chi connectivity index (χ1) is 15.6. The van der Waals surface area contributed by atoms with Gasteiger partial charge in [-0.1, -0.05) is 31.0 Å². The topological polar surface area (TPSA) is 100 Å². The Hall–Kier alpha value is -3.35. The van der Waals surface area contributed by atoms with Gasteiger partial charge >= 0.3 is 23.0 Å². The number of hydrogen-bond acceptors (Lipinski definition) is 4. The Morgan fingerprint density at radius 3 is 2.52 bits per heavy atom. The Bertz CT molecular complexity index is 1060. The molecular formula is C25H25FeN3O4. The molecule has 2 amide bonds. The van der Waals surface area contributed by atoms with E-state index >= 15 is 0 Å². The minimum atomic E-state index is -0.837. The molecule has 1 heterocycles. The minimum Gasteiger partial charge on any atom is -0.468 e. The van der Waals surface area contributed by atoms with Gasteiger partial charge in [0, 0.05) is 23.5 Å². The van der Waals surface area contributed by atoms with Crippen molar-refractivity contribution in [1.82, 2.24) is 15.6 Å². The molecule has 0 saturated carbocycles.